The van der Waals surface area contributed by atoms with Crippen molar-refractivity contribution in [3.8, 4) is 0 Å². The van der Waals surface area contributed by atoms with Gasteiger partial charge in [-0.15, -0.1) is 11.3 Å². The molecular formula is C19H27N5OS. The first kappa shape index (κ1) is 19.9. The van der Waals surface area contributed by atoms with E-state index in [4.69, 9.17) is 0 Å². The fourth-order valence-electron chi connectivity index (χ4n) is 2.31. The Bertz CT molecular complexity index is 699. The molecule has 0 fully saturated rings. The maximum Gasteiger partial charge on any atom is 0.222 e. The summed E-state index contributed by atoms with van der Waals surface area (Å²) in [6.07, 6.45) is 4.24. The van der Waals surface area contributed by atoms with Crippen molar-refractivity contribution in [1.82, 2.24) is 20.9 Å². The molecule has 0 saturated carbocycles. The van der Waals surface area contributed by atoms with Gasteiger partial charge in [-0.2, -0.15) is 0 Å². The van der Waals surface area contributed by atoms with Crippen LogP contribution in [0.3, 0.4) is 0 Å². The van der Waals surface area contributed by atoms with Gasteiger partial charge in [0.05, 0.1) is 5.01 Å². The molecule has 0 unspecified atom stereocenters. The molecule has 0 aliphatic rings. The highest BCUT2D eigenvalue weighted by Gasteiger charge is 2.04. The molecule has 6 nitrogen and oxygen atoms in total. The summed E-state index contributed by atoms with van der Waals surface area (Å²) in [5, 5.41) is 10.5. The number of amides is 1. The molecule has 0 saturated heterocycles. The number of hydrogen-bond acceptors (Lipinski definition) is 4. The average molecular weight is 374 g/mol. The highest BCUT2D eigenvalue weighted by atomic mass is 32.1. The van der Waals surface area contributed by atoms with Crippen molar-refractivity contribution in [2.45, 2.75) is 32.7 Å². The summed E-state index contributed by atoms with van der Waals surface area (Å²) < 4.78 is 0. The SMILES string of the molecule is CCc1cnc(CCNC(=NC)NCCC(=O)NCc2ccccc2)s1. The number of hydrogen-bond donors (Lipinski definition) is 3. The van der Waals surface area contributed by atoms with Gasteiger partial charge in [0.25, 0.3) is 0 Å². The molecule has 140 valence electrons. The van der Waals surface area contributed by atoms with Crippen LogP contribution in [0, 0.1) is 0 Å². The van der Waals surface area contributed by atoms with Gasteiger partial charge in [-0.1, -0.05) is 37.3 Å². The van der Waals surface area contributed by atoms with Crippen LogP contribution in [0.4, 0.5) is 0 Å². The van der Waals surface area contributed by atoms with Gasteiger partial charge >= 0.3 is 0 Å². The molecule has 1 aromatic carbocycles. The Balaban J connectivity index is 1.59. The van der Waals surface area contributed by atoms with Crippen LogP contribution in [0.5, 0.6) is 0 Å². The Morgan fingerprint density at radius 1 is 1.15 bits per heavy atom. The molecule has 0 bridgehead atoms. The van der Waals surface area contributed by atoms with E-state index >= 15 is 0 Å². The lowest BCUT2D eigenvalue weighted by Crippen LogP contribution is -2.40. The zero-order valence-corrected chi connectivity index (χ0v) is 16.2. The van der Waals surface area contributed by atoms with Crippen LogP contribution in [-0.2, 0) is 24.2 Å². The fourth-order valence-corrected chi connectivity index (χ4v) is 3.18. The average Bonchev–Trinajstić information content (AvgIpc) is 3.14. The predicted molar refractivity (Wildman–Crippen MR) is 107 cm³/mol. The zero-order valence-electron chi connectivity index (χ0n) is 15.4. The molecule has 0 aliphatic heterocycles. The van der Waals surface area contributed by atoms with Crippen molar-refractivity contribution in [3.05, 3.63) is 52.0 Å². The van der Waals surface area contributed by atoms with Crippen LogP contribution in [0.1, 0.15) is 28.8 Å². The van der Waals surface area contributed by atoms with E-state index in [1.54, 1.807) is 18.4 Å². The van der Waals surface area contributed by atoms with Gasteiger partial charge in [0, 0.05) is 50.6 Å². The van der Waals surface area contributed by atoms with Crippen molar-refractivity contribution in [2.75, 3.05) is 20.1 Å². The second kappa shape index (κ2) is 11.3. The maximum atomic E-state index is 11.9. The first-order valence-electron chi connectivity index (χ1n) is 8.90. The zero-order chi connectivity index (χ0) is 18.6. The summed E-state index contributed by atoms with van der Waals surface area (Å²) in [5.41, 5.74) is 1.10. The lowest BCUT2D eigenvalue weighted by atomic mass is 10.2. The molecule has 1 aromatic heterocycles. The predicted octanol–water partition coefficient (Wildman–Crippen LogP) is 2.12. The number of nitrogens with one attached hydrogen (secondary N) is 3. The van der Waals surface area contributed by atoms with Crippen molar-refractivity contribution in [1.29, 1.82) is 0 Å². The standard InChI is InChI=1S/C19H27N5OS/c1-3-16-14-24-18(26-16)10-12-22-19(20-2)21-11-9-17(25)23-13-15-7-5-4-6-8-15/h4-8,14H,3,9-13H2,1-2H3,(H,23,25)(H2,20,21,22). The molecular weight excluding hydrogens is 346 g/mol. The second-order valence-electron chi connectivity index (χ2n) is 5.76. The third-order valence-corrected chi connectivity index (χ3v) is 4.98. The summed E-state index contributed by atoms with van der Waals surface area (Å²) in [5.74, 6) is 0.722. The number of benzene rings is 1. The van der Waals surface area contributed by atoms with Crippen molar-refractivity contribution < 1.29 is 4.79 Å². The van der Waals surface area contributed by atoms with Crippen LogP contribution < -0.4 is 16.0 Å². The molecule has 2 aromatic rings. The molecule has 1 amide bonds. The van der Waals surface area contributed by atoms with E-state index in [-0.39, 0.29) is 5.91 Å². The van der Waals surface area contributed by atoms with Crippen LogP contribution in [0.2, 0.25) is 0 Å². The molecule has 0 atom stereocenters. The molecule has 0 spiro atoms. The lowest BCUT2D eigenvalue weighted by Gasteiger charge is -2.11. The summed E-state index contributed by atoms with van der Waals surface area (Å²) >= 11 is 1.75. The van der Waals surface area contributed by atoms with Crippen LogP contribution in [0.15, 0.2) is 41.5 Å². The normalized spacial score (nSPS) is 11.2. The largest absolute Gasteiger partial charge is 0.356 e. The van der Waals surface area contributed by atoms with E-state index in [1.165, 1.54) is 4.88 Å². The summed E-state index contributed by atoms with van der Waals surface area (Å²) in [4.78, 5) is 21.8. The first-order chi connectivity index (χ1) is 12.7. The minimum atomic E-state index is 0.0201. The Labute approximate surface area is 159 Å². The molecule has 1 heterocycles. The number of aryl methyl sites for hydroxylation is 1. The van der Waals surface area contributed by atoms with Gasteiger partial charge < -0.3 is 16.0 Å². The molecule has 3 N–H and O–H groups in total. The minimum absolute atomic E-state index is 0.0201. The summed E-state index contributed by atoms with van der Waals surface area (Å²) in [7, 11) is 1.73. The number of carbonyl (C=O) groups excluding carboxylic acids is 1. The lowest BCUT2D eigenvalue weighted by molar-refractivity contribution is -0.121. The van der Waals surface area contributed by atoms with Crippen LogP contribution >= 0.6 is 11.3 Å². The number of aliphatic imine (C=N–C) groups is 1. The quantitative estimate of drug-likeness (QED) is 0.465. The van der Waals surface area contributed by atoms with Gasteiger partial charge in [0.2, 0.25) is 5.91 Å². The number of guanidine groups is 1. The van der Waals surface area contributed by atoms with E-state index in [0.717, 1.165) is 30.0 Å². The Hall–Kier alpha value is -2.41. The smallest absolute Gasteiger partial charge is 0.222 e. The van der Waals surface area contributed by atoms with E-state index < -0.39 is 0 Å². The van der Waals surface area contributed by atoms with Crippen LogP contribution in [-0.4, -0.2) is 37.0 Å². The number of rotatable bonds is 9. The number of thiazole rings is 1. The molecule has 0 aliphatic carbocycles. The summed E-state index contributed by atoms with van der Waals surface area (Å²) in [6, 6.07) is 9.89. The molecule has 7 heteroatoms. The van der Waals surface area contributed by atoms with Gasteiger partial charge in [-0.3, -0.25) is 9.79 Å². The topological polar surface area (TPSA) is 78.4 Å². The van der Waals surface area contributed by atoms with Crippen molar-refractivity contribution in [2.24, 2.45) is 4.99 Å². The monoisotopic (exact) mass is 373 g/mol. The number of nitrogens with zero attached hydrogens (tertiary/aromatic N) is 2. The Morgan fingerprint density at radius 3 is 2.62 bits per heavy atom. The van der Waals surface area contributed by atoms with Crippen LogP contribution in [0.25, 0.3) is 0 Å². The second-order valence-corrected chi connectivity index (χ2v) is 6.96. The van der Waals surface area contributed by atoms with E-state index in [1.807, 2.05) is 36.5 Å². The van der Waals surface area contributed by atoms with Gasteiger partial charge in [0.15, 0.2) is 5.96 Å². The minimum Gasteiger partial charge on any atom is -0.356 e. The first-order valence-corrected chi connectivity index (χ1v) is 9.71. The van der Waals surface area contributed by atoms with Gasteiger partial charge in [-0.25, -0.2) is 4.98 Å². The highest BCUT2D eigenvalue weighted by molar-refractivity contribution is 7.11. The molecule has 0 radical (unpaired) electrons. The third kappa shape index (κ3) is 7.23. The number of aromatic nitrogens is 1. The van der Waals surface area contributed by atoms with E-state index in [2.05, 4.69) is 32.9 Å². The maximum absolute atomic E-state index is 11.9. The fraction of sp³-hybridized carbons (Fsp3) is 0.421. The van der Waals surface area contributed by atoms with Crippen molar-refractivity contribution in [3.63, 3.8) is 0 Å². The highest BCUT2D eigenvalue weighted by Crippen LogP contribution is 2.13. The third-order valence-electron chi connectivity index (χ3n) is 3.78. The number of carbonyl (C=O) groups is 1. The molecule has 2 rings (SSSR count). The van der Waals surface area contributed by atoms with E-state index in [9.17, 15) is 4.79 Å². The van der Waals surface area contributed by atoms with Crippen molar-refractivity contribution >= 4 is 23.2 Å². The Kier molecular flexibility index (Phi) is 8.62. The Morgan fingerprint density at radius 2 is 1.92 bits per heavy atom. The van der Waals surface area contributed by atoms with E-state index in [0.29, 0.717) is 25.5 Å². The van der Waals surface area contributed by atoms with Gasteiger partial charge in [-0.05, 0) is 12.0 Å². The molecule has 26 heavy (non-hydrogen) atoms. The summed E-state index contributed by atoms with van der Waals surface area (Å²) in [6.45, 7) is 3.99. The van der Waals surface area contributed by atoms with Gasteiger partial charge in [0.1, 0.15) is 0 Å².